The van der Waals surface area contributed by atoms with Gasteiger partial charge in [0.15, 0.2) is 0 Å². The maximum Gasteiger partial charge on any atom is 0.272 e. The van der Waals surface area contributed by atoms with Crippen molar-refractivity contribution in [3.63, 3.8) is 0 Å². The smallest absolute Gasteiger partial charge is 0.272 e. The van der Waals surface area contributed by atoms with Crippen LogP contribution in [0, 0.1) is 22.9 Å². The molecule has 1 fully saturated rings. The second-order valence-corrected chi connectivity index (χ2v) is 8.35. The molecule has 0 aromatic heterocycles. The predicted molar refractivity (Wildman–Crippen MR) is 126 cm³/mol. The quantitative estimate of drug-likeness (QED) is 0.379. The van der Waals surface area contributed by atoms with Crippen LogP contribution in [0.15, 0.2) is 66.7 Å². The summed E-state index contributed by atoms with van der Waals surface area (Å²) < 4.78 is 19.7. The highest BCUT2D eigenvalue weighted by atomic mass is 19.1. The summed E-state index contributed by atoms with van der Waals surface area (Å²) in [6.07, 6.45) is 0. The maximum absolute atomic E-state index is 13.9. The van der Waals surface area contributed by atoms with E-state index in [4.69, 9.17) is 4.74 Å². The zero-order valence-corrected chi connectivity index (χ0v) is 18.9. The maximum atomic E-state index is 13.9. The first kappa shape index (κ1) is 23.4. The third-order valence-corrected chi connectivity index (χ3v) is 5.96. The standard InChI is InChI=1S/C26H26FN3O4/c1-19-15-23(9-10-25(19)30(32)33)34-18-20-5-4-7-21(16-20)26(31)29-13-11-28(12-14-29)17-22-6-2-3-8-24(22)27/h2-10,15-16H,11-14,17-18H2,1H3. The molecule has 34 heavy (non-hydrogen) atoms. The summed E-state index contributed by atoms with van der Waals surface area (Å²) in [6.45, 7) is 4.97. The number of rotatable bonds is 7. The molecule has 1 saturated heterocycles. The summed E-state index contributed by atoms with van der Waals surface area (Å²) in [5.41, 5.74) is 2.66. The van der Waals surface area contributed by atoms with Gasteiger partial charge in [0.05, 0.1) is 4.92 Å². The van der Waals surface area contributed by atoms with Crippen molar-refractivity contribution in [3.8, 4) is 5.75 Å². The van der Waals surface area contributed by atoms with E-state index in [0.717, 1.165) is 5.56 Å². The number of piperazine rings is 1. The van der Waals surface area contributed by atoms with Crippen LogP contribution < -0.4 is 4.74 Å². The molecule has 1 heterocycles. The number of aryl methyl sites for hydroxylation is 1. The van der Waals surface area contributed by atoms with E-state index in [2.05, 4.69) is 4.90 Å². The Labute approximate surface area is 197 Å². The average Bonchev–Trinajstić information content (AvgIpc) is 2.84. The van der Waals surface area contributed by atoms with E-state index in [1.54, 1.807) is 37.3 Å². The van der Waals surface area contributed by atoms with Gasteiger partial charge in [-0.3, -0.25) is 19.8 Å². The normalized spacial score (nSPS) is 14.1. The predicted octanol–water partition coefficient (Wildman–Crippen LogP) is 4.58. The molecule has 176 valence electrons. The molecule has 0 atom stereocenters. The van der Waals surface area contributed by atoms with Gasteiger partial charge in [0.1, 0.15) is 18.2 Å². The SMILES string of the molecule is Cc1cc(OCc2cccc(C(=O)N3CCN(Cc4ccccc4F)CC3)c2)ccc1[N+](=O)[O-]. The van der Waals surface area contributed by atoms with Gasteiger partial charge in [0.25, 0.3) is 11.6 Å². The fourth-order valence-corrected chi connectivity index (χ4v) is 4.04. The van der Waals surface area contributed by atoms with Gasteiger partial charge in [0, 0.05) is 55.5 Å². The number of halogens is 1. The van der Waals surface area contributed by atoms with Crippen molar-refractivity contribution >= 4 is 11.6 Å². The fraction of sp³-hybridized carbons (Fsp3) is 0.269. The minimum atomic E-state index is -0.423. The highest BCUT2D eigenvalue weighted by molar-refractivity contribution is 5.94. The van der Waals surface area contributed by atoms with Crippen molar-refractivity contribution < 1.29 is 18.8 Å². The van der Waals surface area contributed by atoms with Crippen molar-refractivity contribution in [3.05, 3.63) is 105 Å². The minimum absolute atomic E-state index is 0.0430. The molecule has 0 saturated carbocycles. The van der Waals surface area contributed by atoms with E-state index >= 15 is 0 Å². The number of hydrogen-bond acceptors (Lipinski definition) is 5. The molecule has 7 nitrogen and oxygen atoms in total. The Kier molecular flexibility index (Phi) is 7.18. The number of amides is 1. The number of hydrogen-bond donors (Lipinski definition) is 0. The molecule has 0 bridgehead atoms. The van der Waals surface area contributed by atoms with Crippen LogP contribution in [0.2, 0.25) is 0 Å². The molecule has 4 rings (SSSR count). The summed E-state index contributed by atoms with van der Waals surface area (Å²) in [4.78, 5) is 27.5. The zero-order valence-electron chi connectivity index (χ0n) is 18.9. The van der Waals surface area contributed by atoms with E-state index in [0.29, 0.717) is 55.2 Å². The number of carbonyl (C=O) groups excluding carboxylic acids is 1. The van der Waals surface area contributed by atoms with E-state index < -0.39 is 4.92 Å². The average molecular weight is 464 g/mol. The second-order valence-electron chi connectivity index (χ2n) is 8.35. The van der Waals surface area contributed by atoms with Crippen molar-refractivity contribution in [1.29, 1.82) is 0 Å². The largest absolute Gasteiger partial charge is 0.489 e. The first-order valence-corrected chi connectivity index (χ1v) is 11.1. The van der Waals surface area contributed by atoms with Crippen LogP contribution in [0.25, 0.3) is 0 Å². The van der Waals surface area contributed by atoms with Crippen molar-refractivity contribution in [2.24, 2.45) is 0 Å². The van der Waals surface area contributed by atoms with Gasteiger partial charge in [-0.05, 0) is 42.8 Å². The van der Waals surface area contributed by atoms with Gasteiger partial charge in [-0.2, -0.15) is 0 Å². The van der Waals surface area contributed by atoms with Crippen LogP contribution in [0.3, 0.4) is 0 Å². The Balaban J connectivity index is 1.33. The van der Waals surface area contributed by atoms with Crippen molar-refractivity contribution in [2.75, 3.05) is 26.2 Å². The van der Waals surface area contributed by atoms with Gasteiger partial charge >= 0.3 is 0 Å². The molecule has 8 heteroatoms. The molecule has 1 aliphatic heterocycles. The molecule has 0 spiro atoms. The van der Waals surface area contributed by atoms with E-state index in [-0.39, 0.29) is 24.0 Å². The lowest BCUT2D eigenvalue weighted by atomic mass is 10.1. The number of carbonyl (C=O) groups is 1. The number of nitro groups is 1. The van der Waals surface area contributed by atoms with Gasteiger partial charge < -0.3 is 9.64 Å². The van der Waals surface area contributed by atoms with Crippen molar-refractivity contribution in [1.82, 2.24) is 9.80 Å². The molecule has 3 aromatic carbocycles. The highest BCUT2D eigenvalue weighted by Crippen LogP contribution is 2.24. The summed E-state index contributed by atoms with van der Waals surface area (Å²) in [5, 5.41) is 11.0. The molecular formula is C26H26FN3O4. The monoisotopic (exact) mass is 463 g/mol. The number of benzene rings is 3. The van der Waals surface area contributed by atoms with Crippen LogP contribution in [0.4, 0.5) is 10.1 Å². The summed E-state index contributed by atoms with van der Waals surface area (Å²) >= 11 is 0. The lowest BCUT2D eigenvalue weighted by Crippen LogP contribution is -2.48. The van der Waals surface area contributed by atoms with E-state index in [1.807, 2.05) is 29.2 Å². The molecule has 0 aliphatic carbocycles. The van der Waals surface area contributed by atoms with Crippen LogP contribution >= 0.6 is 0 Å². The second kappa shape index (κ2) is 10.4. The molecule has 3 aromatic rings. The number of nitrogens with zero attached hydrogens (tertiary/aromatic N) is 3. The Morgan fingerprint density at radius 2 is 1.79 bits per heavy atom. The fourth-order valence-electron chi connectivity index (χ4n) is 4.04. The lowest BCUT2D eigenvalue weighted by Gasteiger charge is -2.35. The number of ether oxygens (including phenoxy) is 1. The summed E-state index contributed by atoms with van der Waals surface area (Å²) in [5.74, 6) is 0.285. The molecular weight excluding hydrogens is 437 g/mol. The van der Waals surface area contributed by atoms with Crippen LogP contribution in [0.1, 0.15) is 27.0 Å². The Bertz CT molecular complexity index is 1190. The third-order valence-electron chi connectivity index (χ3n) is 5.96. The summed E-state index contributed by atoms with van der Waals surface area (Å²) in [7, 11) is 0. The van der Waals surface area contributed by atoms with Gasteiger partial charge in [-0.1, -0.05) is 30.3 Å². The molecule has 0 radical (unpaired) electrons. The van der Waals surface area contributed by atoms with Crippen LogP contribution in [0.5, 0.6) is 5.75 Å². The topological polar surface area (TPSA) is 75.9 Å². The van der Waals surface area contributed by atoms with E-state index in [1.165, 1.54) is 12.1 Å². The Morgan fingerprint density at radius 3 is 2.50 bits per heavy atom. The van der Waals surface area contributed by atoms with Gasteiger partial charge in [-0.25, -0.2) is 4.39 Å². The minimum Gasteiger partial charge on any atom is -0.489 e. The molecule has 0 N–H and O–H groups in total. The van der Waals surface area contributed by atoms with Gasteiger partial charge in [-0.15, -0.1) is 0 Å². The van der Waals surface area contributed by atoms with Crippen LogP contribution in [-0.2, 0) is 13.2 Å². The molecule has 0 unspecified atom stereocenters. The molecule has 1 aliphatic rings. The lowest BCUT2D eigenvalue weighted by molar-refractivity contribution is -0.385. The Morgan fingerprint density at radius 1 is 1.03 bits per heavy atom. The summed E-state index contributed by atoms with van der Waals surface area (Å²) in [6, 6.07) is 18.7. The first-order valence-electron chi connectivity index (χ1n) is 11.1. The first-order chi connectivity index (χ1) is 16.4. The Hall–Kier alpha value is -3.78. The zero-order chi connectivity index (χ0) is 24.1. The third kappa shape index (κ3) is 5.58. The van der Waals surface area contributed by atoms with E-state index in [9.17, 15) is 19.3 Å². The molecule has 1 amide bonds. The number of nitro benzene ring substituents is 1. The van der Waals surface area contributed by atoms with Crippen molar-refractivity contribution in [2.45, 2.75) is 20.1 Å². The van der Waals surface area contributed by atoms with Crippen LogP contribution in [-0.4, -0.2) is 46.8 Å². The van der Waals surface area contributed by atoms with Gasteiger partial charge in [0.2, 0.25) is 0 Å². The highest BCUT2D eigenvalue weighted by Gasteiger charge is 2.23.